The minimum atomic E-state index is -0.973. The summed E-state index contributed by atoms with van der Waals surface area (Å²) in [6.45, 7) is 9.18. The molecule has 0 fully saturated rings. The summed E-state index contributed by atoms with van der Waals surface area (Å²) in [5, 5.41) is 1.90. The van der Waals surface area contributed by atoms with Crippen molar-refractivity contribution in [1.29, 1.82) is 0 Å². The Bertz CT molecular complexity index is 2590. The lowest BCUT2D eigenvalue weighted by Crippen LogP contribution is -2.35. The zero-order valence-corrected chi connectivity index (χ0v) is 33.0. The van der Waals surface area contributed by atoms with Crippen molar-refractivity contribution in [3.05, 3.63) is 158 Å². The number of nitrogens with zero attached hydrogens (tertiary/aromatic N) is 1. The van der Waals surface area contributed by atoms with Gasteiger partial charge in [-0.1, -0.05) is 104 Å². The first-order valence-electron chi connectivity index (χ1n) is 18.8. The Morgan fingerprint density at radius 3 is 2.05 bits per heavy atom. The number of unbranched alkanes of at least 4 members (excludes halogenated alkanes) is 1. The van der Waals surface area contributed by atoms with Crippen LogP contribution in [-0.4, -0.2) is 25.5 Å². The van der Waals surface area contributed by atoms with E-state index in [2.05, 4.69) is 91.3 Å². The second kappa shape index (κ2) is 13.0. The molecule has 55 heavy (non-hydrogen) atoms. The van der Waals surface area contributed by atoms with Crippen LogP contribution in [0.2, 0.25) is 0 Å². The summed E-state index contributed by atoms with van der Waals surface area (Å²) < 4.78 is 19.9. The van der Waals surface area contributed by atoms with E-state index < -0.39 is 11.0 Å². The average molecular weight is 791 g/mol. The van der Waals surface area contributed by atoms with Gasteiger partial charge in [-0.2, -0.15) is 0 Å². The molecular weight excluding hydrogens is 750 g/mol. The summed E-state index contributed by atoms with van der Waals surface area (Å²) in [6.07, 6.45) is 6.41. The van der Waals surface area contributed by atoms with Crippen molar-refractivity contribution in [2.24, 2.45) is 0 Å². The highest BCUT2D eigenvalue weighted by molar-refractivity contribution is 9.10. The first kappa shape index (κ1) is 35.1. The van der Waals surface area contributed by atoms with E-state index in [0.29, 0.717) is 23.4 Å². The van der Waals surface area contributed by atoms with E-state index in [4.69, 9.17) is 14.2 Å². The molecule has 3 aliphatic rings. The summed E-state index contributed by atoms with van der Waals surface area (Å²) in [7, 11) is 1.67. The standard InChI is InChI=1S/C48H40BrNO5/c1-6-7-26-54-34-22-14-30(15-23-34)48(29-12-20-33(53-5)21-13-29)25-24-37-43-40(35-10-8-9-11-36(35)44(37)55-48)41-38(47(43,3)4)27-28(2)39-42(41)46(52)50(45(39)51)32-18-16-31(49)17-19-32/h8-25,27H,6-7,26H2,1-5H3. The SMILES string of the molecule is CCCCOc1ccc(C2(c3ccc(OC)cc3)C=Cc3c4c(c5ccccc5c3O2)-c2c(cc(C)c3c2C(=O)N(c2ccc(Br)cc2)C3=O)C4(C)C)cc1. The Balaban J connectivity index is 1.26. The number of carbonyl (C=O) groups is 2. The minimum Gasteiger partial charge on any atom is -0.497 e. The molecular formula is C48H40BrNO5. The Hall–Kier alpha value is -5.66. The number of amides is 2. The van der Waals surface area contributed by atoms with E-state index in [0.717, 1.165) is 89.8 Å². The number of imide groups is 1. The van der Waals surface area contributed by atoms with Gasteiger partial charge in [0.15, 0.2) is 5.60 Å². The molecule has 1 aliphatic carbocycles. The Labute approximate surface area is 329 Å². The number of hydrogen-bond acceptors (Lipinski definition) is 5. The maximum Gasteiger partial charge on any atom is 0.266 e. The summed E-state index contributed by atoms with van der Waals surface area (Å²) in [6, 6.07) is 33.9. The monoisotopic (exact) mass is 789 g/mol. The van der Waals surface area contributed by atoms with Gasteiger partial charge in [0.25, 0.3) is 11.8 Å². The molecule has 2 amide bonds. The van der Waals surface area contributed by atoms with Crippen LogP contribution in [0.3, 0.4) is 0 Å². The van der Waals surface area contributed by atoms with Gasteiger partial charge in [-0.15, -0.1) is 0 Å². The molecule has 0 bridgehead atoms. The molecule has 6 aromatic rings. The van der Waals surface area contributed by atoms with Crippen LogP contribution in [0.5, 0.6) is 17.2 Å². The molecule has 6 nitrogen and oxygen atoms in total. The number of methoxy groups -OCH3 is 1. The fourth-order valence-corrected chi connectivity index (χ4v) is 9.05. The number of carbonyl (C=O) groups excluding carboxylic acids is 2. The van der Waals surface area contributed by atoms with Crippen LogP contribution in [0, 0.1) is 6.92 Å². The van der Waals surface area contributed by atoms with Crippen LogP contribution in [0.1, 0.15) is 87.7 Å². The van der Waals surface area contributed by atoms with Crippen LogP contribution in [0.25, 0.3) is 28.0 Å². The topological polar surface area (TPSA) is 65.1 Å². The molecule has 0 saturated heterocycles. The maximum absolute atomic E-state index is 14.6. The lowest BCUT2D eigenvalue weighted by Gasteiger charge is -2.38. The lowest BCUT2D eigenvalue weighted by molar-refractivity contribution is 0.0926. The van der Waals surface area contributed by atoms with E-state index in [-0.39, 0.29) is 11.8 Å². The van der Waals surface area contributed by atoms with Gasteiger partial charge in [0.1, 0.15) is 17.2 Å². The van der Waals surface area contributed by atoms with Gasteiger partial charge in [0.05, 0.1) is 30.5 Å². The summed E-state index contributed by atoms with van der Waals surface area (Å²) >= 11 is 3.49. The molecule has 274 valence electrons. The number of aryl methyl sites for hydroxylation is 1. The quantitative estimate of drug-likeness (QED) is 0.113. The normalized spacial score (nSPS) is 17.5. The third-order valence-electron chi connectivity index (χ3n) is 11.5. The van der Waals surface area contributed by atoms with Gasteiger partial charge in [-0.25, -0.2) is 4.90 Å². The van der Waals surface area contributed by atoms with Crippen molar-refractivity contribution in [3.8, 4) is 28.4 Å². The predicted molar refractivity (Wildman–Crippen MR) is 222 cm³/mol. The zero-order valence-electron chi connectivity index (χ0n) is 31.5. The van der Waals surface area contributed by atoms with Crippen LogP contribution >= 0.6 is 15.9 Å². The fraction of sp³-hybridized carbons (Fsp3) is 0.208. The number of benzene rings is 6. The van der Waals surface area contributed by atoms with Crippen molar-refractivity contribution in [1.82, 2.24) is 0 Å². The molecule has 1 unspecified atom stereocenters. The van der Waals surface area contributed by atoms with Gasteiger partial charge in [-0.3, -0.25) is 9.59 Å². The summed E-state index contributed by atoms with van der Waals surface area (Å²) in [5.41, 5.74) is 7.54. The number of anilines is 1. The van der Waals surface area contributed by atoms with Crippen LogP contribution in [0.4, 0.5) is 5.69 Å². The maximum atomic E-state index is 14.6. The van der Waals surface area contributed by atoms with Gasteiger partial charge >= 0.3 is 0 Å². The molecule has 2 aliphatic heterocycles. The van der Waals surface area contributed by atoms with E-state index in [1.165, 1.54) is 4.90 Å². The van der Waals surface area contributed by atoms with Gasteiger partial charge in [-0.05, 0) is 95.6 Å². The smallest absolute Gasteiger partial charge is 0.266 e. The molecule has 0 aromatic heterocycles. The van der Waals surface area contributed by atoms with E-state index >= 15 is 0 Å². The average Bonchev–Trinajstić information content (AvgIpc) is 3.60. The zero-order chi connectivity index (χ0) is 38.2. The van der Waals surface area contributed by atoms with Crippen LogP contribution < -0.4 is 19.1 Å². The first-order chi connectivity index (χ1) is 26.6. The van der Waals surface area contributed by atoms with E-state index in [1.807, 2.05) is 55.5 Å². The molecule has 0 spiro atoms. The van der Waals surface area contributed by atoms with Crippen LogP contribution in [-0.2, 0) is 11.0 Å². The molecule has 7 heteroatoms. The third kappa shape index (κ3) is 5.20. The predicted octanol–water partition coefficient (Wildman–Crippen LogP) is 11.6. The molecule has 9 rings (SSSR count). The second-order valence-corrected chi connectivity index (χ2v) is 16.0. The summed E-state index contributed by atoms with van der Waals surface area (Å²) in [5.74, 6) is 1.74. The van der Waals surface area contributed by atoms with Crippen molar-refractivity contribution in [2.45, 2.75) is 51.6 Å². The number of rotatable bonds is 8. The first-order valence-corrected chi connectivity index (χ1v) is 19.6. The molecule has 0 radical (unpaired) electrons. The van der Waals surface area contributed by atoms with Crippen molar-refractivity contribution >= 4 is 50.3 Å². The molecule has 1 atom stereocenters. The number of halogens is 1. The fourth-order valence-electron chi connectivity index (χ4n) is 8.78. The van der Waals surface area contributed by atoms with Gasteiger partial charge < -0.3 is 14.2 Å². The number of ether oxygens (including phenoxy) is 3. The number of fused-ring (bicyclic) bond motifs is 10. The molecule has 2 heterocycles. The van der Waals surface area contributed by atoms with Crippen molar-refractivity contribution < 1.29 is 23.8 Å². The highest BCUT2D eigenvalue weighted by atomic mass is 79.9. The van der Waals surface area contributed by atoms with Gasteiger partial charge in [0, 0.05) is 37.5 Å². The Kier molecular flexibility index (Phi) is 8.28. The van der Waals surface area contributed by atoms with Crippen molar-refractivity contribution in [3.63, 3.8) is 0 Å². The lowest BCUT2D eigenvalue weighted by atomic mass is 9.76. The molecule has 0 N–H and O–H groups in total. The highest BCUT2D eigenvalue weighted by Crippen LogP contribution is 2.60. The number of hydrogen-bond donors (Lipinski definition) is 0. The molecule has 0 saturated carbocycles. The third-order valence-corrected chi connectivity index (χ3v) is 12.0. The second-order valence-electron chi connectivity index (χ2n) is 15.1. The Morgan fingerprint density at radius 1 is 0.764 bits per heavy atom. The Morgan fingerprint density at radius 2 is 1.40 bits per heavy atom. The van der Waals surface area contributed by atoms with E-state index in [9.17, 15) is 9.59 Å². The minimum absolute atomic E-state index is 0.301. The van der Waals surface area contributed by atoms with Gasteiger partial charge in [0.2, 0.25) is 0 Å². The van der Waals surface area contributed by atoms with Crippen LogP contribution in [0.15, 0.2) is 114 Å². The van der Waals surface area contributed by atoms with E-state index in [1.54, 1.807) is 19.2 Å². The highest BCUT2D eigenvalue weighted by Gasteiger charge is 2.49. The summed E-state index contributed by atoms with van der Waals surface area (Å²) in [4.78, 5) is 30.1. The molecule has 6 aromatic carbocycles. The van der Waals surface area contributed by atoms with Crippen molar-refractivity contribution in [2.75, 3.05) is 18.6 Å². The largest absolute Gasteiger partial charge is 0.497 e.